The van der Waals surface area contributed by atoms with Gasteiger partial charge in [-0.3, -0.25) is 5.10 Å². The maximum absolute atomic E-state index is 8.73. The predicted molar refractivity (Wildman–Crippen MR) is 65.0 cm³/mol. The smallest absolute Gasteiger partial charge is 0.162 e. The van der Waals surface area contributed by atoms with Crippen molar-refractivity contribution in [3.05, 3.63) is 34.5 Å². The van der Waals surface area contributed by atoms with E-state index in [4.69, 9.17) is 21.6 Å². The molecular formula is C12H10ClN3O. The van der Waals surface area contributed by atoms with Crippen LogP contribution in [-0.4, -0.2) is 17.3 Å². The number of rotatable bonds is 2. The number of aromatic amines is 1. The number of aryl methyl sites for hydroxylation is 1. The number of hydrogen-bond donors (Lipinski definition) is 1. The zero-order chi connectivity index (χ0) is 12.4. The molecule has 0 bridgehead atoms. The number of nitriles is 1. The molecule has 1 aromatic heterocycles. The van der Waals surface area contributed by atoms with Crippen LogP contribution in [-0.2, 0) is 0 Å². The van der Waals surface area contributed by atoms with Crippen LogP contribution in [0.5, 0.6) is 5.75 Å². The van der Waals surface area contributed by atoms with Crippen LogP contribution >= 0.6 is 11.6 Å². The maximum atomic E-state index is 8.73. The lowest BCUT2D eigenvalue weighted by Gasteiger charge is -2.09. The Bertz CT molecular complexity index is 598. The highest BCUT2D eigenvalue weighted by Crippen LogP contribution is 2.33. The summed E-state index contributed by atoms with van der Waals surface area (Å²) in [6.07, 6.45) is 0. The summed E-state index contributed by atoms with van der Waals surface area (Å²) in [6, 6.07) is 7.27. The van der Waals surface area contributed by atoms with Gasteiger partial charge in [0.25, 0.3) is 0 Å². The normalized spacial score (nSPS) is 10.0. The summed E-state index contributed by atoms with van der Waals surface area (Å²) in [5, 5.41) is 16.0. The number of aromatic nitrogens is 2. The van der Waals surface area contributed by atoms with Crippen LogP contribution in [0.15, 0.2) is 18.2 Å². The first-order chi connectivity index (χ1) is 8.15. The fourth-order valence-corrected chi connectivity index (χ4v) is 1.72. The Kier molecular flexibility index (Phi) is 3.03. The van der Waals surface area contributed by atoms with E-state index in [1.807, 2.05) is 19.1 Å². The average molecular weight is 248 g/mol. The second-order valence-electron chi connectivity index (χ2n) is 3.58. The molecule has 5 heteroatoms. The number of hydrogen-bond acceptors (Lipinski definition) is 3. The van der Waals surface area contributed by atoms with E-state index in [9.17, 15) is 0 Å². The van der Waals surface area contributed by atoms with Gasteiger partial charge in [-0.25, -0.2) is 0 Å². The average Bonchev–Trinajstić information content (AvgIpc) is 2.80. The first-order valence-corrected chi connectivity index (χ1v) is 5.33. The second kappa shape index (κ2) is 4.48. The number of methoxy groups -OCH3 is 1. The Hall–Kier alpha value is -1.99. The number of benzene rings is 1. The minimum absolute atomic E-state index is 0.332. The number of H-pyrrole nitrogens is 1. The highest BCUT2D eigenvalue weighted by atomic mass is 35.5. The van der Waals surface area contributed by atoms with Gasteiger partial charge in [0.05, 0.1) is 12.8 Å². The molecule has 0 fully saturated rings. The lowest BCUT2D eigenvalue weighted by Crippen LogP contribution is -1.90. The third kappa shape index (κ3) is 2.10. The Labute approximate surface area is 104 Å². The van der Waals surface area contributed by atoms with Gasteiger partial charge in [-0.2, -0.15) is 10.4 Å². The highest BCUT2D eigenvalue weighted by molar-refractivity contribution is 6.31. The summed E-state index contributed by atoms with van der Waals surface area (Å²) in [4.78, 5) is 0. The van der Waals surface area contributed by atoms with Crippen molar-refractivity contribution in [1.29, 1.82) is 5.26 Å². The van der Waals surface area contributed by atoms with Gasteiger partial charge in [0, 0.05) is 16.7 Å². The van der Waals surface area contributed by atoms with Crippen molar-refractivity contribution in [3.63, 3.8) is 0 Å². The maximum Gasteiger partial charge on any atom is 0.162 e. The van der Waals surface area contributed by atoms with E-state index in [-0.39, 0.29) is 0 Å². The monoisotopic (exact) mass is 247 g/mol. The molecule has 17 heavy (non-hydrogen) atoms. The first kappa shape index (κ1) is 11.5. The van der Waals surface area contributed by atoms with Crippen molar-refractivity contribution < 1.29 is 4.74 Å². The SMILES string of the molecule is COc1cc(C)c(Cl)cc1-c1cc(C#N)n[nH]1. The van der Waals surface area contributed by atoms with E-state index in [1.54, 1.807) is 19.2 Å². The summed E-state index contributed by atoms with van der Waals surface area (Å²) >= 11 is 6.08. The van der Waals surface area contributed by atoms with Gasteiger partial charge in [0.15, 0.2) is 5.69 Å². The van der Waals surface area contributed by atoms with Crippen molar-refractivity contribution in [2.24, 2.45) is 0 Å². The summed E-state index contributed by atoms with van der Waals surface area (Å²) in [5.41, 5.74) is 2.77. The van der Waals surface area contributed by atoms with Gasteiger partial charge < -0.3 is 4.74 Å². The fraction of sp³-hybridized carbons (Fsp3) is 0.167. The summed E-state index contributed by atoms with van der Waals surface area (Å²) < 4.78 is 5.29. The van der Waals surface area contributed by atoms with E-state index in [2.05, 4.69) is 10.2 Å². The van der Waals surface area contributed by atoms with Crippen LogP contribution in [0.2, 0.25) is 5.02 Å². The number of halogens is 1. The summed E-state index contributed by atoms with van der Waals surface area (Å²) in [7, 11) is 1.59. The molecule has 1 N–H and O–H groups in total. The molecule has 2 aromatic rings. The Morgan fingerprint density at radius 3 is 2.76 bits per heavy atom. The zero-order valence-electron chi connectivity index (χ0n) is 9.41. The van der Waals surface area contributed by atoms with E-state index >= 15 is 0 Å². The molecular weight excluding hydrogens is 238 g/mol. The molecule has 1 aromatic carbocycles. The lowest BCUT2D eigenvalue weighted by molar-refractivity contribution is 0.416. The molecule has 0 radical (unpaired) electrons. The van der Waals surface area contributed by atoms with Crippen LogP contribution in [0.3, 0.4) is 0 Å². The molecule has 2 rings (SSSR count). The van der Waals surface area contributed by atoms with Gasteiger partial charge in [-0.1, -0.05) is 11.6 Å². The lowest BCUT2D eigenvalue weighted by atomic mass is 10.1. The molecule has 4 nitrogen and oxygen atoms in total. The second-order valence-corrected chi connectivity index (χ2v) is 3.99. The molecule has 0 aliphatic rings. The molecule has 0 saturated carbocycles. The van der Waals surface area contributed by atoms with Crippen molar-refractivity contribution in [2.45, 2.75) is 6.92 Å². The third-order valence-electron chi connectivity index (χ3n) is 2.46. The molecule has 0 aliphatic carbocycles. The highest BCUT2D eigenvalue weighted by Gasteiger charge is 2.11. The zero-order valence-corrected chi connectivity index (χ0v) is 10.2. The molecule has 0 spiro atoms. The van der Waals surface area contributed by atoms with Crippen LogP contribution in [0.25, 0.3) is 11.3 Å². The molecule has 86 valence electrons. The summed E-state index contributed by atoms with van der Waals surface area (Å²) in [5.74, 6) is 0.694. The van der Waals surface area contributed by atoms with Crippen molar-refractivity contribution in [1.82, 2.24) is 10.2 Å². The fourth-order valence-electron chi connectivity index (χ4n) is 1.55. The number of nitrogens with zero attached hydrogens (tertiary/aromatic N) is 2. The van der Waals surface area contributed by atoms with E-state index in [1.165, 1.54) is 0 Å². The number of ether oxygens (including phenoxy) is 1. The third-order valence-corrected chi connectivity index (χ3v) is 2.87. The molecule has 0 unspecified atom stereocenters. The number of nitrogens with one attached hydrogen (secondary N) is 1. The van der Waals surface area contributed by atoms with Crippen LogP contribution in [0.4, 0.5) is 0 Å². The minimum atomic E-state index is 0.332. The predicted octanol–water partition coefficient (Wildman–Crippen LogP) is 2.92. The van der Waals surface area contributed by atoms with Gasteiger partial charge >= 0.3 is 0 Å². The molecule has 0 amide bonds. The van der Waals surface area contributed by atoms with Gasteiger partial charge in [-0.05, 0) is 24.6 Å². The minimum Gasteiger partial charge on any atom is -0.496 e. The molecule has 0 aliphatic heterocycles. The van der Waals surface area contributed by atoms with Crippen molar-refractivity contribution in [3.8, 4) is 23.1 Å². The van der Waals surface area contributed by atoms with E-state index < -0.39 is 0 Å². The first-order valence-electron chi connectivity index (χ1n) is 4.95. The standard InChI is InChI=1S/C12H10ClN3O/c1-7-3-12(17-2)9(5-10(7)13)11-4-8(6-14)15-16-11/h3-5H,1-2H3,(H,15,16). The molecule has 0 atom stereocenters. The quantitative estimate of drug-likeness (QED) is 0.888. The van der Waals surface area contributed by atoms with Gasteiger partial charge in [-0.15, -0.1) is 0 Å². The van der Waals surface area contributed by atoms with Gasteiger partial charge in [0.2, 0.25) is 0 Å². The van der Waals surface area contributed by atoms with Crippen LogP contribution in [0, 0.1) is 18.3 Å². The summed E-state index contributed by atoms with van der Waals surface area (Å²) in [6.45, 7) is 1.91. The van der Waals surface area contributed by atoms with Crippen LogP contribution < -0.4 is 4.74 Å². The largest absolute Gasteiger partial charge is 0.496 e. The Morgan fingerprint density at radius 2 is 2.18 bits per heavy atom. The molecule has 0 saturated heterocycles. The van der Waals surface area contributed by atoms with Crippen molar-refractivity contribution >= 4 is 11.6 Å². The van der Waals surface area contributed by atoms with Crippen LogP contribution in [0.1, 0.15) is 11.3 Å². The van der Waals surface area contributed by atoms with Crippen molar-refractivity contribution in [2.75, 3.05) is 7.11 Å². The van der Waals surface area contributed by atoms with Gasteiger partial charge in [0.1, 0.15) is 11.8 Å². The Balaban J connectivity index is 2.58. The topological polar surface area (TPSA) is 61.7 Å². The van der Waals surface area contributed by atoms with E-state index in [0.29, 0.717) is 22.2 Å². The van der Waals surface area contributed by atoms with E-state index in [0.717, 1.165) is 11.1 Å². The molecule has 1 heterocycles. The Morgan fingerprint density at radius 1 is 1.41 bits per heavy atom.